The smallest absolute Gasteiger partial charge is 0.239 e. The maximum absolute atomic E-state index is 12.7. The van der Waals surface area contributed by atoms with Crippen LogP contribution >= 0.6 is 0 Å². The molecule has 2 rings (SSSR count). The first-order valence-electron chi connectivity index (χ1n) is 8.32. The zero-order chi connectivity index (χ0) is 16.0. The van der Waals surface area contributed by atoms with Crippen molar-refractivity contribution in [2.45, 2.75) is 45.6 Å². The van der Waals surface area contributed by atoms with Crippen LogP contribution < -0.4 is 11.1 Å². The number of likely N-dealkylation sites (N-methyl/N-ethyl adjacent to an activating group) is 1. The van der Waals surface area contributed by atoms with E-state index in [-0.39, 0.29) is 11.3 Å². The number of nitrogens with zero attached hydrogens (tertiary/aromatic N) is 2. The van der Waals surface area contributed by atoms with Crippen LogP contribution in [0, 0.1) is 5.41 Å². The van der Waals surface area contributed by atoms with Gasteiger partial charge in [0.05, 0.1) is 12.4 Å². The number of nitrogens with two attached hydrogens (primary N) is 1. The summed E-state index contributed by atoms with van der Waals surface area (Å²) in [5, 5.41) is 3.48. The Hall–Kier alpha value is -1.40. The Labute approximate surface area is 132 Å². The summed E-state index contributed by atoms with van der Waals surface area (Å²) >= 11 is 0. The van der Waals surface area contributed by atoms with Gasteiger partial charge in [0.1, 0.15) is 0 Å². The SMILES string of the molecule is CCN(CC1(CC)CCCNC1)C(=O)C(N)Cc1cnc[nH]1. The minimum Gasteiger partial charge on any atom is -0.348 e. The number of aromatic nitrogens is 2. The number of nitrogens with one attached hydrogen (secondary N) is 2. The van der Waals surface area contributed by atoms with E-state index in [0.29, 0.717) is 13.0 Å². The zero-order valence-electron chi connectivity index (χ0n) is 13.8. The number of imidazole rings is 1. The highest BCUT2D eigenvalue weighted by molar-refractivity contribution is 5.82. The van der Waals surface area contributed by atoms with Gasteiger partial charge in [-0.15, -0.1) is 0 Å². The molecule has 2 unspecified atom stereocenters. The minimum absolute atomic E-state index is 0.0375. The zero-order valence-corrected chi connectivity index (χ0v) is 13.8. The van der Waals surface area contributed by atoms with Gasteiger partial charge in [0.2, 0.25) is 5.91 Å². The summed E-state index contributed by atoms with van der Waals surface area (Å²) in [5.41, 5.74) is 7.22. The summed E-state index contributed by atoms with van der Waals surface area (Å²) in [7, 11) is 0. The molecule has 1 aliphatic rings. The fourth-order valence-corrected chi connectivity index (χ4v) is 3.28. The van der Waals surface area contributed by atoms with Gasteiger partial charge >= 0.3 is 0 Å². The molecular weight excluding hydrogens is 278 g/mol. The van der Waals surface area contributed by atoms with Gasteiger partial charge < -0.3 is 20.9 Å². The molecule has 1 aliphatic heterocycles. The van der Waals surface area contributed by atoms with E-state index in [0.717, 1.165) is 31.7 Å². The lowest BCUT2D eigenvalue weighted by atomic mass is 9.77. The van der Waals surface area contributed by atoms with E-state index < -0.39 is 6.04 Å². The molecule has 6 heteroatoms. The molecule has 0 radical (unpaired) electrons. The van der Waals surface area contributed by atoms with Crippen molar-refractivity contribution in [3.8, 4) is 0 Å². The predicted molar refractivity (Wildman–Crippen MR) is 87.3 cm³/mol. The van der Waals surface area contributed by atoms with E-state index in [2.05, 4.69) is 22.2 Å². The molecule has 0 saturated carbocycles. The summed E-state index contributed by atoms with van der Waals surface area (Å²) in [6.45, 7) is 7.82. The Balaban J connectivity index is 1.98. The topological polar surface area (TPSA) is 87.0 Å². The second-order valence-corrected chi connectivity index (χ2v) is 6.37. The predicted octanol–water partition coefficient (Wildman–Crippen LogP) is 0.908. The standard InChI is InChI=1S/C16H29N5O/c1-3-16(6-5-7-18-10-16)11-21(4-2)15(22)14(17)8-13-9-19-12-20-13/h9,12,14,18H,3-8,10-11,17H2,1-2H3,(H,19,20). The maximum Gasteiger partial charge on any atom is 0.239 e. The van der Waals surface area contributed by atoms with Gasteiger partial charge in [-0.25, -0.2) is 4.98 Å². The van der Waals surface area contributed by atoms with Crippen LogP contribution in [0.2, 0.25) is 0 Å². The van der Waals surface area contributed by atoms with Crippen molar-refractivity contribution in [3.05, 3.63) is 18.2 Å². The molecule has 1 aromatic heterocycles. The molecule has 0 aliphatic carbocycles. The average Bonchev–Trinajstić information content (AvgIpc) is 3.05. The first-order valence-corrected chi connectivity index (χ1v) is 8.32. The Morgan fingerprint density at radius 1 is 1.55 bits per heavy atom. The van der Waals surface area contributed by atoms with Crippen molar-refractivity contribution in [3.63, 3.8) is 0 Å². The molecule has 124 valence electrons. The van der Waals surface area contributed by atoms with Crippen LogP contribution in [0.1, 0.15) is 38.8 Å². The third kappa shape index (κ3) is 4.08. The molecule has 22 heavy (non-hydrogen) atoms. The van der Waals surface area contributed by atoms with Crippen LogP contribution in [-0.2, 0) is 11.2 Å². The highest BCUT2D eigenvalue weighted by Crippen LogP contribution is 2.31. The number of hydrogen-bond donors (Lipinski definition) is 3. The van der Waals surface area contributed by atoms with Crippen LogP contribution in [0.15, 0.2) is 12.5 Å². The van der Waals surface area contributed by atoms with E-state index in [9.17, 15) is 4.79 Å². The number of carbonyl (C=O) groups is 1. The van der Waals surface area contributed by atoms with Gasteiger partial charge in [-0.1, -0.05) is 6.92 Å². The number of rotatable bonds is 7. The van der Waals surface area contributed by atoms with Crippen molar-refractivity contribution in [1.82, 2.24) is 20.2 Å². The van der Waals surface area contributed by atoms with Crippen LogP contribution in [0.4, 0.5) is 0 Å². The van der Waals surface area contributed by atoms with Gasteiger partial charge in [-0.2, -0.15) is 0 Å². The second kappa shape index (κ2) is 7.74. The largest absolute Gasteiger partial charge is 0.348 e. The lowest BCUT2D eigenvalue weighted by Gasteiger charge is -2.41. The Bertz CT molecular complexity index is 453. The quantitative estimate of drug-likeness (QED) is 0.699. The average molecular weight is 307 g/mol. The molecule has 0 spiro atoms. The molecule has 2 atom stereocenters. The third-order valence-corrected chi connectivity index (χ3v) is 4.84. The first kappa shape index (κ1) is 17.0. The van der Waals surface area contributed by atoms with Crippen LogP contribution in [-0.4, -0.2) is 53.0 Å². The Morgan fingerprint density at radius 2 is 2.36 bits per heavy atom. The number of piperidine rings is 1. The summed E-state index contributed by atoms with van der Waals surface area (Å²) in [5.74, 6) is 0.0375. The molecular formula is C16H29N5O. The Morgan fingerprint density at radius 3 is 2.91 bits per heavy atom. The molecule has 1 amide bonds. The van der Waals surface area contributed by atoms with E-state index in [1.807, 2.05) is 11.8 Å². The fourth-order valence-electron chi connectivity index (χ4n) is 3.28. The van der Waals surface area contributed by atoms with Crippen molar-refractivity contribution >= 4 is 5.91 Å². The molecule has 2 heterocycles. The molecule has 4 N–H and O–H groups in total. The fraction of sp³-hybridized carbons (Fsp3) is 0.750. The van der Waals surface area contributed by atoms with Crippen molar-refractivity contribution in [1.29, 1.82) is 0 Å². The van der Waals surface area contributed by atoms with Crippen molar-refractivity contribution < 1.29 is 4.79 Å². The van der Waals surface area contributed by atoms with Gasteiger partial charge in [-0.05, 0) is 32.7 Å². The molecule has 1 saturated heterocycles. The van der Waals surface area contributed by atoms with E-state index in [4.69, 9.17) is 5.73 Å². The minimum atomic E-state index is -0.508. The number of amides is 1. The summed E-state index contributed by atoms with van der Waals surface area (Å²) < 4.78 is 0. The van der Waals surface area contributed by atoms with Gasteiger partial charge in [0.25, 0.3) is 0 Å². The van der Waals surface area contributed by atoms with Crippen LogP contribution in [0.5, 0.6) is 0 Å². The number of aromatic amines is 1. The highest BCUT2D eigenvalue weighted by Gasteiger charge is 2.34. The van der Waals surface area contributed by atoms with E-state index >= 15 is 0 Å². The molecule has 6 nitrogen and oxygen atoms in total. The van der Waals surface area contributed by atoms with Gasteiger partial charge in [-0.3, -0.25) is 4.79 Å². The van der Waals surface area contributed by atoms with Crippen LogP contribution in [0.3, 0.4) is 0 Å². The molecule has 0 bridgehead atoms. The van der Waals surface area contributed by atoms with Crippen molar-refractivity contribution in [2.24, 2.45) is 11.1 Å². The summed E-state index contributed by atoms with van der Waals surface area (Å²) in [4.78, 5) is 21.6. The monoisotopic (exact) mass is 307 g/mol. The summed E-state index contributed by atoms with van der Waals surface area (Å²) in [6, 6.07) is -0.508. The summed E-state index contributed by atoms with van der Waals surface area (Å²) in [6.07, 6.45) is 7.29. The van der Waals surface area contributed by atoms with E-state index in [1.54, 1.807) is 12.5 Å². The lowest BCUT2D eigenvalue weighted by molar-refractivity contribution is -0.134. The maximum atomic E-state index is 12.7. The number of H-pyrrole nitrogens is 1. The first-order chi connectivity index (χ1) is 10.6. The van der Waals surface area contributed by atoms with Gasteiger partial charge in [0, 0.05) is 43.4 Å². The number of hydrogen-bond acceptors (Lipinski definition) is 4. The molecule has 1 aromatic rings. The normalized spacial score (nSPS) is 23.2. The van der Waals surface area contributed by atoms with Gasteiger partial charge in [0.15, 0.2) is 0 Å². The molecule has 1 fully saturated rings. The van der Waals surface area contributed by atoms with Crippen LogP contribution in [0.25, 0.3) is 0 Å². The highest BCUT2D eigenvalue weighted by atomic mass is 16.2. The molecule has 0 aromatic carbocycles. The third-order valence-electron chi connectivity index (χ3n) is 4.84. The Kier molecular flexibility index (Phi) is 5.97. The lowest BCUT2D eigenvalue weighted by Crippen LogP contribution is -2.52. The van der Waals surface area contributed by atoms with E-state index in [1.165, 1.54) is 12.8 Å². The number of carbonyl (C=O) groups excluding carboxylic acids is 1. The van der Waals surface area contributed by atoms with Crippen molar-refractivity contribution in [2.75, 3.05) is 26.2 Å². The second-order valence-electron chi connectivity index (χ2n) is 6.37.